The number of thiazole rings is 1. The lowest BCUT2D eigenvalue weighted by Crippen LogP contribution is -2.31. The molecule has 18 heavy (non-hydrogen) atoms. The summed E-state index contributed by atoms with van der Waals surface area (Å²) in [4.78, 5) is 28.2. The van der Waals surface area contributed by atoms with Crippen molar-refractivity contribution in [2.75, 3.05) is 25.0 Å². The maximum atomic E-state index is 11.7. The Morgan fingerprint density at radius 3 is 3.11 bits per heavy atom. The van der Waals surface area contributed by atoms with Gasteiger partial charge in [-0.15, -0.1) is 11.3 Å². The summed E-state index contributed by atoms with van der Waals surface area (Å²) in [5, 5.41) is 13.8. The zero-order valence-electron chi connectivity index (χ0n) is 9.83. The molecular formula is C11H15N3O3S. The summed E-state index contributed by atoms with van der Waals surface area (Å²) in [5.41, 5.74) is 0. The number of carboxylic acid groups (broad SMARTS) is 1. The second kappa shape index (κ2) is 5.92. The zero-order valence-corrected chi connectivity index (χ0v) is 10.7. The van der Waals surface area contributed by atoms with Crippen LogP contribution in [0, 0.1) is 5.92 Å². The number of carbonyl (C=O) groups excluding carboxylic acids is 1. The van der Waals surface area contributed by atoms with Crippen LogP contribution in [0.4, 0.5) is 5.13 Å². The van der Waals surface area contributed by atoms with E-state index in [0.29, 0.717) is 18.2 Å². The molecule has 0 saturated carbocycles. The van der Waals surface area contributed by atoms with E-state index in [1.807, 2.05) is 4.90 Å². The number of nitrogens with zero attached hydrogens (tertiary/aromatic N) is 2. The fourth-order valence-corrected chi connectivity index (χ4v) is 2.66. The minimum atomic E-state index is -0.769. The molecule has 7 heteroatoms. The number of anilines is 1. The number of aliphatic carboxylic acids is 1. The predicted octanol–water partition coefficient (Wildman–Crippen LogP) is 0.878. The van der Waals surface area contributed by atoms with Gasteiger partial charge in [0.25, 0.3) is 0 Å². The number of nitrogens with one attached hydrogen (secondary N) is 1. The van der Waals surface area contributed by atoms with Crippen molar-refractivity contribution in [2.24, 2.45) is 5.92 Å². The van der Waals surface area contributed by atoms with Gasteiger partial charge in [-0.05, 0) is 18.9 Å². The zero-order chi connectivity index (χ0) is 13.0. The number of hydrogen-bond acceptors (Lipinski definition) is 5. The molecule has 6 nitrogen and oxygen atoms in total. The first-order valence-corrected chi connectivity index (χ1v) is 6.65. The normalized spacial score (nSPS) is 19.9. The first kappa shape index (κ1) is 13.0. The third kappa shape index (κ3) is 3.78. The molecule has 1 aromatic heterocycles. The average Bonchev–Trinajstić information content (AvgIpc) is 2.89. The summed E-state index contributed by atoms with van der Waals surface area (Å²) in [6.07, 6.45) is 2.67. The van der Waals surface area contributed by atoms with Crippen LogP contribution in [0.1, 0.15) is 12.8 Å². The SMILES string of the molecule is O=C(O)CC1CCN(CC(=O)Nc2nccs2)C1. The quantitative estimate of drug-likeness (QED) is 0.829. The van der Waals surface area contributed by atoms with Gasteiger partial charge in [-0.3, -0.25) is 14.5 Å². The van der Waals surface area contributed by atoms with Crippen molar-refractivity contribution in [1.29, 1.82) is 0 Å². The smallest absolute Gasteiger partial charge is 0.303 e. The third-order valence-corrected chi connectivity index (χ3v) is 3.57. The molecular weight excluding hydrogens is 254 g/mol. The van der Waals surface area contributed by atoms with Crippen molar-refractivity contribution in [3.8, 4) is 0 Å². The van der Waals surface area contributed by atoms with Crippen LogP contribution in [0.5, 0.6) is 0 Å². The Bertz CT molecular complexity index is 421. The lowest BCUT2D eigenvalue weighted by atomic mass is 10.1. The lowest BCUT2D eigenvalue weighted by molar-refractivity contribution is -0.138. The molecule has 0 bridgehead atoms. The Morgan fingerprint density at radius 1 is 1.61 bits per heavy atom. The largest absolute Gasteiger partial charge is 0.481 e. The number of carbonyl (C=O) groups is 2. The van der Waals surface area contributed by atoms with Crippen molar-refractivity contribution >= 4 is 28.3 Å². The monoisotopic (exact) mass is 269 g/mol. The molecule has 98 valence electrons. The van der Waals surface area contributed by atoms with E-state index in [1.165, 1.54) is 11.3 Å². The molecule has 1 atom stereocenters. The van der Waals surface area contributed by atoms with Gasteiger partial charge < -0.3 is 10.4 Å². The van der Waals surface area contributed by atoms with E-state index in [9.17, 15) is 9.59 Å². The molecule has 1 amide bonds. The summed E-state index contributed by atoms with van der Waals surface area (Å²) in [6.45, 7) is 1.76. The maximum absolute atomic E-state index is 11.7. The number of aromatic nitrogens is 1. The Kier molecular flexibility index (Phi) is 4.27. The van der Waals surface area contributed by atoms with Crippen LogP contribution in [0.3, 0.4) is 0 Å². The Balaban J connectivity index is 1.74. The van der Waals surface area contributed by atoms with E-state index in [-0.39, 0.29) is 18.2 Å². The lowest BCUT2D eigenvalue weighted by Gasteiger charge is -2.14. The highest BCUT2D eigenvalue weighted by molar-refractivity contribution is 7.13. The topological polar surface area (TPSA) is 82.5 Å². The number of likely N-dealkylation sites (tertiary alicyclic amines) is 1. The minimum absolute atomic E-state index is 0.0964. The van der Waals surface area contributed by atoms with Gasteiger partial charge in [0, 0.05) is 24.5 Å². The van der Waals surface area contributed by atoms with Gasteiger partial charge in [-0.2, -0.15) is 0 Å². The first-order valence-electron chi connectivity index (χ1n) is 5.77. The molecule has 2 heterocycles. The van der Waals surface area contributed by atoms with Gasteiger partial charge in [0.05, 0.1) is 6.54 Å². The second-order valence-electron chi connectivity index (χ2n) is 4.37. The summed E-state index contributed by atoms with van der Waals surface area (Å²) in [6, 6.07) is 0. The van der Waals surface area contributed by atoms with Crippen LogP contribution in [-0.2, 0) is 9.59 Å². The molecule has 1 aromatic rings. The summed E-state index contributed by atoms with van der Waals surface area (Å²) >= 11 is 1.38. The van der Waals surface area contributed by atoms with E-state index in [0.717, 1.165) is 13.0 Å². The van der Waals surface area contributed by atoms with Crippen molar-refractivity contribution in [2.45, 2.75) is 12.8 Å². The fourth-order valence-electron chi connectivity index (χ4n) is 2.12. The van der Waals surface area contributed by atoms with Crippen molar-refractivity contribution < 1.29 is 14.7 Å². The van der Waals surface area contributed by atoms with Crippen molar-refractivity contribution in [3.05, 3.63) is 11.6 Å². The maximum Gasteiger partial charge on any atom is 0.303 e. The highest BCUT2D eigenvalue weighted by Gasteiger charge is 2.25. The summed E-state index contributed by atoms with van der Waals surface area (Å²) in [5.74, 6) is -0.704. The Morgan fingerprint density at radius 2 is 2.44 bits per heavy atom. The minimum Gasteiger partial charge on any atom is -0.481 e. The molecule has 1 aliphatic heterocycles. The van der Waals surface area contributed by atoms with Gasteiger partial charge in [0.15, 0.2) is 5.13 Å². The molecule has 0 spiro atoms. The van der Waals surface area contributed by atoms with Crippen LogP contribution >= 0.6 is 11.3 Å². The molecule has 0 aromatic carbocycles. The number of amides is 1. The number of rotatable bonds is 5. The predicted molar refractivity (Wildman–Crippen MR) is 67.5 cm³/mol. The van der Waals surface area contributed by atoms with E-state index >= 15 is 0 Å². The van der Waals surface area contributed by atoms with E-state index in [2.05, 4.69) is 10.3 Å². The molecule has 2 rings (SSSR count). The van der Waals surface area contributed by atoms with Gasteiger partial charge >= 0.3 is 5.97 Å². The Labute approximate surface area is 109 Å². The highest BCUT2D eigenvalue weighted by atomic mass is 32.1. The number of hydrogen-bond donors (Lipinski definition) is 2. The van der Waals surface area contributed by atoms with Gasteiger partial charge in [0.1, 0.15) is 0 Å². The molecule has 1 aliphatic rings. The molecule has 1 unspecified atom stereocenters. The van der Waals surface area contributed by atoms with Crippen LogP contribution < -0.4 is 5.32 Å². The van der Waals surface area contributed by atoms with E-state index < -0.39 is 5.97 Å². The molecule has 0 radical (unpaired) electrons. The average molecular weight is 269 g/mol. The summed E-state index contributed by atoms with van der Waals surface area (Å²) in [7, 11) is 0. The van der Waals surface area contributed by atoms with Gasteiger partial charge in [-0.25, -0.2) is 4.98 Å². The van der Waals surface area contributed by atoms with E-state index in [4.69, 9.17) is 5.11 Å². The van der Waals surface area contributed by atoms with Crippen LogP contribution in [0.25, 0.3) is 0 Å². The van der Waals surface area contributed by atoms with Gasteiger partial charge in [-0.1, -0.05) is 0 Å². The molecule has 0 aliphatic carbocycles. The highest BCUT2D eigenvalue weighted by Crippen LogP contribution is 2.19. The van der Waals surface area contributed by atoms with E-state index in [1.54, 1.807) is 11.6 Å². The van der Waals surface area contributed by atoms with Crippen molar-refractivity contribution in [3.63, 3.8) is 0 Å². The van der Waals surface area contributed by atoms with Crippen LogP contribution in [0.15, 0.2) is 11.6 Å². The second-order valence-corrected chi connectivity index (χ2v) is 5.27. The van der Waals surface area contributed by atoms with Gasteiger partial charge in [0.2, 0.25) is 5.91 Å². The first-order chi connectivity index (χ1) is 8.63. The molecule has 1 saturated heterocycles. The number of carboxylic acids is 1. The Hall–Kier alpha value is -1.47. The molecule has 1 fully saturated rings. The molecule has 2 N–H and O–H groups in total. The third-order valence-electron chi connectivity index (χ3n) is 2.88. The standard InChI is InChI=1S/C11H15N3O3S/c15-9(13-11-12-2-4-18-11)7-14-3-1-8(6-14)5-10(16)17/h2,4,8H,1,3,5-7H2,(H,16,17)(H,12,13,15). The van der Waals surface area contributed by atoms with Crippen LogP contribution in [0.2, 0.25) is 0 Å². The summed E-state index contributed by atoms with van der Waals surface area (Å²) < 4.78 is 0. The van der Waals surface area contributed by atoms with Crippen LogP contribution in [-0.4, -0.2) is 46.5 Å². The fraction of sp³-hybridized carbons (Fsp3) is 0.545. The van der Waals surface area contributed by atoms with Crippen molar-refractivity contribution in [1.82, 2.24) is 9.88 Å².